The number of hydrazine groups is 1. The number of nitrogens with one attached hydrogen (secondary N) is 4. The van der Waals surface area contributed by atoms with Crippen molar-refractivity contribution < 1.29 is 9.59 Å². The van der Waals surface area contributed by atoms with Gasteiger partial charge in [0.05, 0.1) is 19.1 Å². The van der Waals surface area contributed by atoms with Crippen LogP contribution in [0.25, 0.3) is 0 Å². The average Bonchev–Trinajstić information content (AvgIpc) is 3.27. The van der Waals surface area contributed by atoms with Crippen molar-refractivity contribution in [1.82, 2.24) is 21.5 Å². The van der Waals surface area contributed by atoms with E-state index in [0.29, 0.717) is 12.5 Å². The zero-order valence-corrected chi connectivity index (χ0v) is 12.5. The molecule has 1 aliphatic carbocycles. The van der Waals surface area contributed by atoms with Crippen molar-refractivity contribution in [2.45, 2.75) is 37.9 Å². The van der Waals surface area contributed by atoms with E-state index in [1.165, 1.54) is 12.8 Å². The van der Waals surface area contributed by atoms with E-state index in [9.17, 15) is 9.59 Å². The molecule has 2 aliphatic rings. The highest BCUT2D eigenvalue weighted by molar-refractivity contribution is 5.85. The first-order chi connectivity index (χ1) is 10.7. The number of carbonyl (C=O) groups excluding carboxylic acids is 2. The third kappa shape index (κ3) is 4.29. The summed E-state index contributed by atoms with van der Waals surface area (Å²) in [4.78, 5) is 23.6. The van der Waals surface area contributed by atoms with Gasteiger partial charge in [-0.05, 0) is 30.7 Å². The Bertz CT molecular complexity index is 530. The second-order valence-electron chi connectivity index (χ2n) is 6.03. The fourth-order valence-electron chi connectivity index (χ4n) is 2.75. The lowest BCUT2D eigenvalue weighted by molar-refractivity contribution is -0.126. The molecule has 1 heterocycles. The maximum atomic E-state index is 11.9. The highest BCUT2D eigenvalue weighted by Gasteiger charge is 2.36. The van der Waals surface area contributed by atoms with Crippen LogP contribution in [0.15, 0.2) is 30.3 Å². The van der Waals surface area contributed by atoms with Crippen molar-refractivity contribution in [1.29, 1.82) is 0 Å². The second kappa shape index (κ2) is 6.89. The van der Waals surface area contributed by atoms with Gasteiger partial charge in [-0.15, -0.1) is 0 Å². The smallest absolute Gasteiger partial charge is 0.240 e. The molecule has 2 unspecified atom stereocenters. The molecule has 1 aromatic carbocycles. The van der Waals surface area contributed by atoms with Crippen LogP contribution in [-0.2, 0) is 16.0 Å². The van der Waals surface area contributed by atoms with E-state index < -0.39 is 0 Å². The minimum atomic E-state index is -0.169. The first-order valence-electron chi connectivity index (χ1n) is 7.82. The predicted molar refractivity (Wildman–Crippen MR) is 82.5 cm³/mol. The molecule has 4 N–H and O–H groups in total. The van der Waals surface area contributed by atoms with Crippen molar-refractivity contribution in [2.75, 3.05) is 6.54 Å². The lowest BCUT2D eigenvalue weighted by Gasteiger charge is -2.12. The fraction of sp³-hybridized carbons (Fsp3) is 0.500. The number of amides is 2. The van der Waals surface area contributed by atoms with Crippen LogP contribution in [0.4, 0.5) is 0 Å². The van der Waals surface area contributed by atoms with Crippen molar-refractivity contribution in [3.05, 3.63) is 35.9 Å². The van der Waals surface area contributed by atoms with Crippen LogP contribution in [0.5, 0.6) is 0 Å². The monoisotopic (exact) mass is 302 g/mol. The summed E-state index contributed by atoms with van der Waals surface area (Å²) in [7, 11) is 0. The van der Waals surface area contributed by atoms with Gasteiger partial charge in [-0.1, -0.05) is 30.3 Å². The molecular weight excluding hydrogens is 280 g/mol. The minimum absolute atomic E-state index is 0.0118. The predicted octanol–water partition coefficient (Wildman–Crippen LogP) is 0.0641. The van der Waals surface area contributed by atoms with Crippen molar-refractivity contribution >= 4 is 11.8 Å². The van der Waals surface area contributed by atoms with Gasteiger partial charge in [-0.2, -0.15) is 0 Å². The van der Waals surface area contributed by atoms with E-state index in [1.807, 2.05) is 30.3 Å². The van der Waals surface area contributed by atoms with Gasteiger partial charge >= 0.3 is 0 Å². The Labute approximate surface area is 130 Å². The Morgan fingerprint density at radius 1 is 1.09 bits per heavy atom. The zero-order valence-electron chi connectivity index (χ0n) is 12.5. The van der Waals surface area contributed by atoms with E-state index >= 15 is 0 Å². The largest absolute Gasteiger partial charge is 0.347 e. The number of hydrogen-bond acceptors (Lipinski definition) is 4. The summed E-state index contributed by atoms with van der Waals surface area (Å²) in [5, 5.41) is 5.54. The topological polar surface area (TPSA) is 82.3 Å². The van der Waals surface area contributed by atoms with E-state index in [0.717, 1.165) is 17.9 Å². The summed E-state index contributed by atoms with van der Waals surface area (Å²) in [6.07, 6.45) is 3.68. The maximum absolute atomic E-state index is 11.9. The fourth-order valence-corrected chi connectivity index (χ4v) is 2.75. The standard InChI is InChI=1S/C16H22N4O2/c21-15(8-11-4-2-1-3-5-11)17-10-16(22)18-14-9-13(19-20-14)12-6-7-12/h1-5,12-14,19-20H,6-10H2,(H,17,21)(H,18,22). The molecule has 22 heavy (non-hydrogen) atoms. The average molecular weight is 302 g/mol. The zero-order chi connectivity index (χ0) is 15.4. The minimum Gasteiger partial charge on any atom is -0.347 e. The van der Waals surface area contributed by atoms with Crippen LogP contribution < -0.4 is 21.5 Å². The first-order valence-corrected chi connectivity index (χ1v) is 7.82. The Morgan fingerprint density at radius 2 is 1.86 bits per heavy atom. The van der Waals surface area contributed by atoms with Crippen LogP contribution in [0.3, 0.4) is 0 Å². The van der Waals surface area contributed by atoms with Gasteiger partial charge < -0.3 is 10.6 Å². The third-order valence-corrected chi connectivity index (χ3v) is 4.11. The molecule has 6 heteroatoms. The molecule has 1 saturated carbocycles. The van der Waals surface area contributed by atoms with E-state index in [-0.39, 0.29) is 24.5 Å². The van der Waals surface area contributed by atoms with Gasteiger partial charge in [0.15, 0.2) is 0 Å². The van der Waals surface area contributed by atoms with Crippen molar-refractivity contribution in [3.63, 3.8) is 0 Å². The van der Waals surface area contributed by atoms with Gasteiger partial charge in [0.25, 0.3) is 0 Å². The molecule has 1 aliphatic heterocycles. The number of hydrogen-bond donors (Lipinski definition) is 4. The van der Waals surface area contributed by atoms with Crippen molar-refractivity contribution in [2.24, 2.45) is 5.92 Å². The second-order valence-corrected chi connectivity index (χ2v) is 6.03. The number of rotatable bonds is 6. The van der Waals surface area contributed by atoms with Gasteiger partial charge in [0.1, 0.15) is 0 Å². The molecule has 0 bridgehead atoms. The van der Waals surface area contributed by atoms with E-state index in [1.54, 1.807) is 0 Å². The third-order valence-electron chi connectivity index (χ3n) is 4.11. The SMILES string of the molecule is O=C(Cc1ccccc1)NCC(=O)NC1CC(C2CC2)NN1. The first kappa shape index (κ1) is 15.0. The molecule has 0 spiro atoms. The Balaban J connectivity index is 1.34. The molecule has 2 atom stereocenters. The molecule has 2 amide bonds. The Hall–Kier alpha value is -1.92. The molecule has 1 saturated heterocycles. The summed E-state index contributed by atoms with van der Waals surface area (Å²) in [6.45, 7) is 0.0118. The molecule has 0 radical (unpaired) electrons. The molecule has 3 rings (SSSR count). The highest BCUT2D eigenvalue weighted by atomic mass is 16.2. The van der Waals surface area contributed by atoms with Gasteiger partial charge in [0, 0.05) is 6.04 Å². The lowest BCUT2D eigenvalue weighted by atomic mass is 10.1. The quantitative estimate of drug-likeness (QED) is 0.599. The van der Waals surface area contributed by atoms with Crippen LogP contribution in [0.2, 0.25) is 0 Å². The molecule has 118 valence electrons. The summed E-state index contributed by atoms with van der Waals surface area (Å²) >= 11 is 0. The summed E-state index contributed by atoms with van der Waals surface area (Å²) in [6, 6.07) is 9.94. The van der Waals surface area contributed by atoms with Crippen LogP contribution in [0, 0.1) is 5.92 Å². The molecule has 6 nitrogen and oxygen atoms in total. The van der Waals surface area contributed by atoms with Crippen LogP contribution >= 0.6 is 0 Å². The lowest BCUT2D eigenvalue weighted by Crippen LogP contribution is -2.47. The maximum Gasteiger partial charge on any atom is 0.240 e. The number of benzene rings is 1. The van der Waals surface area contributed by atoms with Gasteiger partial charge in [-0.3, -0.25) is 15.0 Å². The van der Waals surface area contributed by atoms with Crippen molar-refractivity contribution in [3.8, 4) is 0 Å². The Kier molecular flexibility index (Phi) is 4.70. The van der Waals surface area contributed by atoms with Gasteiger partial charge in [-0.25, -0.2) is 5.43 Å². The summed E-state index contributed by atoms with van der Waals surface area (Å²) < 4.78 is 0. The Morgan fingerprint density at radius 3 is 2.59 bits per heavy atom. The summed E-state index contributed by atoms with van der Waals surface area (Å²) in [5.41, 5.74) is 7.25. The van der Waals surface area contributed by atoms with Crippen LogP contribution in [0.1, 0.15) is 24.8 Å². The van der Waals surface area contributed by atoms with E-state index in [2.05, 4.69) is 21.5 Å². The number of carbonyl (C=O) groups is 2. The molecular formula is C16H22N4O2. The summed E-state index contributed by atoms with van der Waals surface area (Å²) in [5.74, 6) is 0.437. The molecule has 2 fully saturated rings. The highest BCUT2D eigenvalue weighted by Crippen LogP contribution is 2.35. The van der Waals surface area contributed by atoms with Gasteiger partial charge in [0.2, 0.25) is 11.8 Å². The van der Waals surface area contributed by atoms with E-state index in [4.69, 9.17) is 0 Å². The molecule has 1 aromatic rings. The molecule has 0 aromatic heterocycles. The van der Waals surface area contributed by atoms with Crippen LogP contribution in [-0.4, -0.2) is 30.6 Å². The normalized spacial score (nSPS) is 24.0.